The van der Waals surface area contributed by atoms with Crippen LogP contribution in [0.5, 0.6) is 0 Å². The van der Waals surface area contributed by atoms with Crippen LogP contribution in [0.1, 0.15) is 37.0 Å². The standard InChI is InChI=1S/C16H21FN2S/c1-16(2,3)15-19-14(11-20-15)10-18-8-7-12-5-4-6-13(17)9-12/h4-6,9,11,18H,7-8,10H2,1-3H3. The van der Waals surface area contributed by atoms with E-state index in [9.17, 15) is 4.39 Å². The van der Waals surface area contributed by atoms with Gasteiger partial charge in [-0.3, -0.25) is 0 Å². The smallest absolute Gasteiger partial charge is 0.123 e. The van der Waals surface area contributed by atoms with Crippen molar-refractivity contribution in [3.05, 3.63) is 51.7 Å². The SMILES string of the molecule is CC(C)(C)c1nc(CNCCc2cccc(F)c2)cs1. The molecule has 108 valence electrons. The molecule has 0 saturated heterocycles. The van der Waals surface area contributed by atoms with Gasteiger partial charge in [-0.2, -0.15) is 0 Å². The quantitative estimate of drug-likeness (QED) is 0.845. The van der Waals surface area contributed by atoms with E-state index < -0.39 is 0 Å². The van der Waals surface area contributed by atoms with Gasteiger partial charge in [0.1, 0.15) is 5.82 Å². The van der Waals surface area contributed by atoms with Gasteiger partial charge in [-0.1, -0.05) is 32.9 Å². The summed E-state index contributed by atoms with van der Waals surface area (Å²) in [6.07, 6.45) is 0.827. The molecule has 0 amide bonds. The summed E-state index contributed by atoms with van der Waals surface area (Å²) in [4.78, 5) is 4.64. The Kier molecular flexibility index (Phi) is 4.89. The van der Waals surface area contributed by atoms with Crippen LogP contribution in [0, 0.1) is 5.82 Å². The zero-order chi connectivity index (χ0) is 14.6. The largest absolute Gasteiger partial charge is 0.311 e. The molecular weight excluding hydrogens is 271 g/mol. The third-order valence-electron chi connectivity index (χ3n) is 2.98. The van der Waals surface area contributed by atoms with E-state index in [0.29, 0.717) is 0 Å². The number of nitrogens with one attached hydrogen (secondary N) is 1. The second-order valence-corrected chi connectivity index (χ2v) is 6.81. The fraction of sp³-hybridized carbons (Fsp3) is 0.438. The molecular formula is C16H21FN2S. The lowest BCUT2D eigenvalue weighted by Gasteiger charge is -2.13. The molecule has 0 fully saturated rings. The third kappa shape index (κ3) is 4.39. The summed E-state index contributed by atoms with van der Waals surface area (Å²) in [5.41, 5.74) is 2.22. The maximum Gasteiger partial charge on any atom is 0.123 e. The minimum atomic E-state index is -0.170. The average molecular weight is 292 g/mol. The Morgan fingerprint density at radius 1 is 1.30 bits per heavy atom. The third-order valence-corrected chi connectivity index (χ3v) is 4.30. The lowest BCUT2D eigenvalue weighted by molar-refractivity contribution is 0.579. The second-order valence-electron chi connectivity index (χ2n) is 5.95. The van der Waals surface area contributed by atoms with E-state index in [4.69, 9.17) is 0 Å². The summed E-state index contributed by atoms with van der Waals surface area (Å²) in [5.74, 6) is -0.170. The van der Waals surface area contributed by atoms with Gasteiger partial charge in [0.05, 0.1) is 10.7 Å². The molecule has 0 aliphatic heterocycles. The summed E-state index contributed by atoms with van der Waals surface area (Å²) in [6, 6.07) is 6.76. The molecule has 4 heteroatoms. The van der Waals surface area contributed by atoms with Crippen LogP contribution in [-0.4, -0.2) is 11.5 Å². The fourth-order valence-corrected chi connectivity index (χ4v) is 2.78. The van der Waals surface area contributed by atoms with Crippen molar-refractivity contribution in [1.82, 2.24) is 10.3 Å². The highest BCUT2D eigenvalue weighted by atomic mass is 32.1. The average Bonchev–Trinajstić information content (AvgIpc) is 2.83. The zero-order valence-corrected chi connectivity index (χ0v) is 13.1. The monoisotopic (exact) mass is 292 g/mol. The minimum Gasteiger partial charge on any atom is -0.311 e. The molecule has 0 aliphatic rings. The Morgan fingerprint density at radius 2 is 2.10 bits per heavy atom. The summed E-state index contributed by atoms with van der Waals surface area (Å²) in [7, 11) is 0. The van der Waals surface area contributed by atoms with E-state index in [0.717, 1.165) is 30.8 Å². The molecule has 2 aromatic rings. The summed E-state index contributed by atoms with van der Waals surface area (Å²) in [6.45, 7) is 8.11. The van der Waals surface area contributed by atoms with Gasteiger partial charge in [0.15, 0.2) is 0 Å². The number of hydrogen-bond acceptors (Lipinski definition) is 3. The Balaban J connectivity index is 1.77. The molecule has 0 unspecified atom stereocenters. The van der Waals surface area contributed by atoms with E-state index in [-0.39, 0.29) is 11.2 Å². The minimum absolute atomic E-state index is 0.116. The summed E-state index contributed by atoms with van der Waals surface area (Å²) >= 11 is 1.71. The van der Waals surface area contributed by atoms with Crippen LogP contribution in [0.2, 0.25) is 0 Å². The van der Waals surface area contributed by atoms with Gasteiger partial charge < -0.3 is 5.32 Å². The van der Waals surface area contributed by atoms with Crippen molar-refractivity contribution in [3.8, 4) is 0 Å². The molecule has 1 heterocycles. The van der Waals surface area contributed by atoms with E-state index in [1.165, 1.54) is 11.1 Å². The lowest BCUT2D eigenvalue weighted by atomic mass is 9.98. The molecule has 2 nitrogen and oxygen atoms in total. The predicted molar refractivity (Wildman–Crippen MR) is 82.6 cm³/mol. The van der Waals surface area contributed by atoms with Crippen molar-refractivity contribution in [1.29, 1.82) is 0 Å². The fourth-order valence-electron chi connectivity index (χ4n) is 1.87. The van der Waals surface area contributed by atoms with Gasteiger partial charge in [-0.15, -0.1) is 11.3 Å². The van der Waals surface area contributed by atoms with Gasteiger partial charge in [0.2, 0.25) is 0 Å². The number of benzene rings is 1. The van der Waals surface area contributed by atoms with E-state index in [1.54, 1.807) is 23.5 Å². The van der Waals surface area contributed by atoms with Crippen molar-refractivity contribution >= 4 is 11.3 Å². The molecule has 0 spiro atoms. The van der Waals surface area contributed by atoms with Crippen LogP contribution >= 0.6 is 11.3 Å². The number of halogens is 1. The summed E-state index contributed by atoms with van der Waals surface area (Å²) in [5, 5.41) is 6.63. The van der Waals surface area contributed by atoms with Crippen molar-refractivity contribution in [2.24, 2.45) is 0 Å². The summed E-state index contributed by atoms with van der Waals surface area (Å²) < 4.78 is 13.0. The van der Waals surface area contributed by atoms with Crippen molar-refractivity contribution in [2.45, 2.75) is 39.2 Å². The maximum absolute atomic E-state index is 13.0. The first-order valence-corrected chi connectivity index (χ1v) is 7.73. The molecule has 0 bridgehead atoms. The molecule has 1 N–H and O–H groups in total. The Bertz CT molecular complexity index is 558. The normalized spacial score (nSPS) is 11.8. The molecule has 0 aliphatic carbocycles. The van der Waals surface area contributed by atoms with Crippen LogP contribution < -0.4 is 5.32 Å². The second kappa shape index (κ2) is 6.46. The van der Waals surface area contributed by atoms with E-state index in [1.807, 2.05) is 6.07 Å². The molecule has 1 aromatic heterocycles. The molecule has 2 rings (SSSR count). The first-order chi connectivity index (χ1) is 9.45. The molecule has 1 aromatic carbocycles. The number of hydrogen-bond donors (Lipinski definition) is 1. The Hall–Kier alpha value is -1.26. The molecule has 0 radical (unpaired) electrons. The number of aromatic nitrogens is 1. The van der Waals surface area contributed by atoms with Crippen LogP contribution in [0.3, 0.4) is 0 Å². The highest BCUT2D eigenvalue weighted by Crippen LogP contribution is 2.25. The van der Waals surface area contributed by atoms with E-state index in [2.05, 4.69) is 36.5 Å². The number of nitrogens with zero attached hydrogens (tertiary/aromatic N) is 1. The predicted octanol–water partition coefficient (Wildman–Crippen LogP) is 3.91. The van der Waals surface area contributed by atoms with Gasteiger partial charge in [-0.25, -0.2) is 9.37 Å². The maximum atomic E-state index is 13.0. The van der Waals surface area contributed by atoms with Crippen LogP contribution in [0.15, 0.2) is 29.6 Å². The van der Waals surface area contributed by atoms with E-state index >= 15 is 0 Å². The van der Waals surface area contributed by atoms with Crippen LogP contribution in [0.4, 0.5) is 4.39 Å². The zero-order valence-electron chi connectivity index (χ0n) is 12.2. The van der Waals surface area contributed by atoms with Crippen molar-refractivity contribution in [3.63, 3.8) is 0 Å². The highest BCUT2D eigenvalue weighted by Gasteiger charge is 2.17. The van der Waals surface area contributed by atoms with Crippen molar-refractivity contribution < 1.29 is 4.39 Å². The van der Waals surface area contributed by atoms with Crippen LogP contribution in [0.25, 0.3) is 0 Å². The lowest BCUT2D eigenvalue weighted by Crippen LogP contribution is -2.17. The Morgan fingerprint density at radius 3 is 2.75 bits per heavy atom. The van der Waals surface area contributed by atoms with Gasteiger partial charge in [0.25, 0.3) is 0 Å². The van der Waals surface area contributed by atoms with Crippen LogP contribution in [-0.2, 0) is 18.4 Å². The first-order valence-electron chi connectivity index (χ1n) is 6.85. The molecule has 20 heavy (non-hydrogen) atoms. The van der Waals surface area contributed by atoms with Gasteiger partial charge in [0, 0.05) is 17.3 Å². The molecule has 0 saturated carbocycles. The Labute approximate surface area is 124 Å². The van der Waals surface area contributed by atoms with Crippen molar-refractivity contribution in [2.75, 3.05) is 6.54 Å². The highest BCUT2D eigenvalue weighted by molar-refractivity contribution is 7.09. The van der Waals surface area contributed by atoms with Gasteiger partial charge >= 0.3 is 0 Å². The number of thiazole rings is 1. The van der Waals surface area contributed by atoms with Gasteiger partial charge in [-0.05, 0) is 30.7 Å². The molecule has 0 atom stereocenters. The first kappa shape index (κ1) is 15.1. The number of rotatable bonds is 5. The topological polar surface area (TPSA) is 24.9 Å².